The number of amides is 1. The van der Waals surface area contributed by atoms with Gasteiger partial charge in [-0.15, -0.1) is 0 Å². The molecule has 0 unspecified atom stereocenters. The first-order valence-electron chi connectivity index (χ1n) is 4.38. The van der Waals surface area contributed by atoms with Gasteiger partial charge in [-0.05, 0) is 19.3 Å². The van der Waals surface area contributed by atoms with Crippen molar-refractivity contribution in [3.8, 4) is 0 Å². The van der Waals surface area contributed by atoms with Gasteiger partial charge in [-0.2, -0.15) is 5.48 Å². The molecule has 1 saturated heterocycles. The lowest BCUT2D eigenvalue weighted by Crippen LogP contribution is -2.40. The molecule has 12 heavy (non-hydrogen) atoms. The van der Waals surface area contributed by atoms with Crippen LogP contribution in [0.2, 0.25) is 0 Å². The maximum Gasteiger partial charge on any atom is 0.238 e. The topological polar surface area (TPSA) is 41.6 Å². The van der Waals surface area contributed by atoms with E-state index in [-0.39, 0.29) is 12.5 Å². The van der Waals surface area contributed by atoms with Crippen LogP contribution in [0.3, 0.4) is 0 Å². The molecule has 0 atom stereocenters. The zero-order chi connectivity index (χ0) is 8.81. The number of hydrogen-bond acceptors (Lipinski definition) is 3. The number of nitrogens with zero attached hydrogens (tertiary/aromatic N) is 1. The molecule has 1 aliphatic heterocycles. The minimum atomic E-state index is 0.136. The van der Waals surface area contributed by atoms with E-state index in [9.17, 15) is 4.79 Å². The van der Waals surface area contributed by atoms with Crippen LogP contribution >= 0.6 is 0 Å². The molecule has 70 valence electrons. The summed E-state index contributed by atoms with van der Waals surface area (Å²) in [6, 6.07) is 0. The van der Waals surface area contributed by atoms with Crippen molar-refractivity contribution in [3.63, 3.8) is 0 Å². The predicted octanol–water partition coefficient (Wildman–Crippen LogP) is 0.150. The van der Waals surface area contributed by atoms with Crippen molar-refractivity contribution in [2.75, 3.05) is 26.7 Å². The monoisotopic (exact) mass is 172 g/mol. The molecule has 4 nitrogen and oxygen atoms in total. The third-order valence-electron chi connectivity index (χ3n) is 2.08. The molecule has 1 fully saturated rings. The fraction of sp³-hybridized carbons (Fsp3) is 0.875. The van der Waals surface area contributed by atoms with Crippen molar-refractivity contribution in [3.05, 3.63) is 0 Å². The van der Waals surface area contributed by atoms with Crippen LogP contribution in [0, 0.1) is 0 Å². The number of rotatable bonds is 3. The Morgan fingerprint density at radius 1 is 1.42 bits per heavy atom. The predicted molar refractivity (Wildman–Crippen MR) is 45.4 cm³/mol. The van der Waals surface area contributed by atoms with E-state index in [1.165, 1.54) is 13.5 Å². The zero-order valence-electron chi connectivity index (χ0n) is 7.51. The Balaban J connectivity index is 2.20. The third kappa shape index (κ3) is 2.79. The van der Waals surface area contributed by atoms with Gasteiger partial charge in [0.2, 0.25) is 5.91 Å². The van der Waals surface area contributed by atoms with E-state index in [1.54, 1.807) is 0 Å². The second kappa shape index (κ2) is 5.11. The van der Waals surface area contributed by atoms with E-state index in [0.29, 0.717) is 0 Å². The lowest BCUT2D eigenvalue weighted by atomic mass is 10.1. The summed E-state index contributed by atoms with van der Waals surface area (Å²) in [7, 11) is 1.52. The van der Waals surface area contributed by atoms with E-state index in [1.807, 2.05) is 4.90 Å². The van der Waals surface area contributed by atoms with Gasteiger partial charge in [0.15, 0.2) is 0 Å². The second-order valence-electron chi connectivity index (χ2n) is 2.97. The van der Waals surface area contributed by atoms with Crippen LogP contribution in [-0.2, 0) is 9.63 Å². The van der Waals surface area contributed by atoms with Crippen LogP contribution in [0.5, 0.6) is 0 Å². The van der Waals surface area contributed by atoms with E-state index >= 15 is 0 Å². The van der Waals surface area contributed by atoms with Crippen molar-refractivity contribution < 1.29 is 9.63 Å². The molecular weight excluding hydrogens is 156 g/mol. The number of piperidine rings is 1. The van der Waals surface area contributed by atoms with Gasteiger partial charge in [-0.3, -0.25) is 4.79 Å². The summed E-state index contributed by atoms with van der Waals surface area (Å²) >= 11 is 0. The second-order valence-corrected chi connectivity index (χ2v) is 2.97. The average molecular weight is 172 g/mol. The molecule has 0 spiro atoms. The first-order valence-corrected chi connectivity index (χ1v) is 4.38. The first-order chi connectivity index (χ1) is 5.84. The molecule has 4 heteroatoms. The Hall–Kier alpha value is -0.610. The van der Waals surface area contributed by atoms with E-state index in [0.717, 1.165) is 25.9 Å². The van der Waals surface area contributed by atoms with Gasteiger partial charge in [0.25, 0.3) is 0 Å². The lowest BCUT2D eigenvalue weighted by molar-refractivity contribution is -0.133. The van der Waals surface area contributed by atoms with Gasteiger partial charge in [0.1, 0.15) is 6.54 Å². The summed E-state index contributed by atoms with van der Waals surface area (Å²) in [5, 5.41) is 0. The summed E-state index contributed by atoms with van der Waals surface area (Å²) in [5.74, 6) is 0.136. The maximum atomic E-state index is 11.3. The number of hydrogen-bond donors (Lipinski definition) is 1. The molecule has 1 amide bonds. The van der Waals surface area contributed by atoms with Crippen molar-refractivity contribution >= 4 is 5.91 Å². The number of carbonyl (C=O) groups is 1. The first kappa shape index (κ1) is 9.48. The van der Waals surface area contributed by atoms with Gasteiger partial charge < -0.3 is 9.74 Å². The zero-order valence-corrected chi connectivity index (χ0v) is 7.51. The van der Waals surface area contributed by atoms with E-state index in [2.05, 4.69) is 10.3 Å². The fourth-order valence-corrected chi connectivity index (χ4v) is 1.39. The minimum Gasteiger partial charge on any atom is -0.342 e. The van der Waals surface area contributed by atoms with Crippen LogP contribution in [0.15, 0.2) is 0 Å². The highest BCUT2D eigenvalue weighted by Crippen LogP contribution is 2.07. The number of likely N-dealkylation sites (tertiary alicyclic amines) is 1. The SMILES string of the molecule is CONCC(=O)N1CCCCC1. The van der Waals surface area contributed by atoms with Crippen LogP contribution in [0.1, 0.15) is 19.3 Å². The van der Waals surface area contributed by atoms with Gasteiger partial charge in [0.05, 0.1) is 7.11 Å². The Labute approximate surface area is 72.8 Å². The average Bonchev–Trinajstić information content (AvgIpc) is 2.15. The Morgan fingerprint density at radius 2 is 2.08 bits per heavy atom. The van der Waals surface area contributed by atoms with Gasteiger partial charge in [0, 0.05) is 13.1 Å². The molecular formula is C8H16N2O2. The third-order valence-corrected chi connectivity index (χ3v) is 2.08. The Bertz CT molecular complexity index is 144. The molecule has 0 saturated carbocycles. The molecule has 1 N–H and O–H groups in total. The normalized spacial score (nSPS) is 17.9. The minimum absolute atomic E-state index is 0.136. The van der Waals surface area contributed by atoms with Crippen molar-refractivity contribution in [1.29, 1.82) is 0 Å². The Morgan fingerprint density at radius 3 is 2.67 bits per heavy atom. The molecule has 0 aromatic rings. The number of carbonyl (C=O) groups excluding carboxylic acids is 1. The molecule has 0 aromatic carbocycles. The summed E-state index contributed by atoms with van der Waals surface area (Å²) in [6.45, 7) is 2.10. The lowest BCUT2D eigenvalue weighted by Gasteiger charge is -2.26. The van der Waals surface area contributed by atoms with Crippen molar-refractivity contribution in [2.45, 2.75) is 19.3 Å². The van der Waals surface area contributed by atoms with Gasteiger partial charge in [-0.25, -0.2) is 0 Å². The molecule has 0 aromatic heterocycles. The fourth-order valence-electron chi connectivity index (χ4n) is 1.39. The van der Waals surface area contributed by atoms with Crippen LogP contribution in [0.25, 0.3) is 0 Å². The summed E-state index contributed by atoms with van der Waals surface area (Å²) in [5.41, 5.74) is 2.55. The molecule has 1 heterocycles. The van der Waals surface area contributed by atoms with Crippen molar-refractivity contribution in [1.82, 2.24) is 10.4 Å². The summed E-state index contributed by atoms with van der Waals surface area (Å²) in [6.07, 6.45) is 3.53. The van der Waals surface area contributed by atoms with Crippen LogP contribution in [0.4, 0.5) is 0 Å². The van der Waals surface area contributed by atoms with Crippen molar-refractivity contribution in [2.24, 2.45) is 0 Å². The highest BCUT2D eigenvalue weighted by molar-refractivity contribution is 5.78. The molecule has 0 bridgehead atoms. The van der Waals surface area contributed by atoms with Gasteiger partial charge >= 0.3 is 0 Å². The summed E-state index contributed by atoms with van der Waals surface area (Å²) in [4.78, 5) is 17.8. The highest BCUT2D eigenvalue weighted by Gasteiger charge is 2.15. The van der Waals surface area contributed by atoms with E-state index in [4.69, 9.17) is 0 Å². The molecule has 0 radical (unpaired) electrons. The van der Waals surface area contributed by atoms with Crippen LogP contribution < -0.4 is 5.48 Å². The number of nitrogens with one attached hydrogen (secondary N) is 1. The number of hydroxylamine groups is 1. The highest BCUT2D eigenvalue weighted by atomic mass is 16.6. The largest absolute Gasteiger partial charge is 0.342 e. The van der Waals surface area contributed by atoms with Crippen LogP contribution in [-0.4, -0.2) is 37.6 Å². The maximum absolute atomic E-state index is 11.3. The quantitative estimate of drug-likeness (QED) is 0.616. The van der Waals surface area contributed by atoms with Gasteiger partial charge in [-0.1, -0.05) is 0 Å². The summed E-state index contributed by atoms with van der Waals surface area (Å²) < 4.78 is 0. The Kier molecular flexibility index (Phi) is 4.04. The molecule has 1 rings (SSSR count). The smallest absolute Gasteiger partial charge is 0.238 e. The standard InChI is InChI=1S/C8H16N2O2/c1-12-9-7-8(11)10-5-3-2-4-6-10/h9H,2-7H2,1H3. The van der Waals surface area contributed by atoms with E-state index < -0.39 is 0 Å². The molecule has 1 aliphatic rings. The molecule has 0 aliphatic carbocycles.